The first kappa shape index (κ1) is 22.0. The van der Waals surface area contributed by atoms with Gasteiger partial charge in [0.2, 0.25) is 0 Å². The minimum atomic E-state index is -4.17. The van der Waals surface area contributed by atoms with Gasteiger partial charge in [0.05, 0.1) is 9.82 Å². The number of non-ortho nitro benzene ring substituents is 1. The van der Waals surface area contributed by atoms with Crippen molar-refractivity contribution in [2.45, 2.75) is 23.5 Å². The zero-order valence-corrected chi connectivity index (χ0v) is 17.4. The smallest absolute Gasteiger partial charge is 0.269 e. The topological polar surface area (TPSA) is 111 Å². The Hall–Kier alpha value is -3.65. The second-order valence-electron chi connectivity index (χ2n) is 7.01. The van der Waals surface area contributed by atoms with Crippen molar-refractivity contribution in [3.63, 3.8) is 0 Å². The molecule has 0 aromatic heterocycles. The van der Waals surface area contributed by atoms with Gasteiger partial charge >= 0.3 is 0 Å². The van der Waals surface area contributed by atoms with E-state index in [2.05, 4.69) is 0 Å². The fraction of sp³-hybridized carbons (Fsp3) is 0.130. The SMILES string of the molecule is Cc1ccc(S(=O)(=O)[C@H](CC(=O)c2ccc([N+](=O)[O-])cc2)C(=O)c2ccccc2)cc1. The Morgan fingerprint density at radius 1 is 0.871 bits per heavy atom. The summed E-state index contributed by atoms with van der Waals surface area (Å²) in [5.74, 6) is -1.28. The molecule has 7 nitrogen and oxygen atoms in total. The number of aryl methyl sites for hydroxylation is 1. The normalized spacial score (nSPS) is 12.2. The first-order valence-electron chi connectivity index (χ1n) is 9.37. The third kappa shape index (κ3) is 4.92. The summed E-state index contributed by atoms with van der Waals surface area (Å²) in [5, 5.41) is 9.19. The highest BCUT2D eigenvalue weighted by molar-refractivity contribution is 7.92. The Morgan fingerprint density at radius 3 is 2.00 bits per heavy atom. The molecule has 0 saturated heterocycles. The quantitative estimate of drug-likeness (QED) is 0.297. The maximum Gasteiger partial charge on any atom is 0.269 e. The molecule has 3 aromatic carbocycles. The van der Waals surface area contributed by atoms with Crippen LogP contribution < -0.4 is 0 Å². The van der Waals surface area contributed by atoms with E-state index in [0.29, 0.717) is 0 Å². The van der Waals surface area contributed by atoms with E-state index in [0.717, 1.165) is 17.7 Å². The number of hydrogen-bond acceptors (Lipinski definition) is 6. The summed E-state index contributed by atoms with van der Waals surface area (Å²) >= 11 is 0. The molecular formula is C23H19NO6S. The second kappa shape index (κ2) is 9.01. The van der Waals surface area contributed by atoms with E-state index < -0.39 is 38.0 Å². The number of sulfone groups is 1. The van der Waals surface area contributed by atoms with Crippen molar-refractivity contribution < 1.29 is 22.9 Å². The second-order valence-corrected chi connectivity index (χ2v) is 9.14. The van der Waals surface area contributed by atoms with Crippen molar-refractivity contribution in [2.24, 2.45) is 0 Å². The molecule has 0 heterocycles. The molecule has 1 atom stereocenters. The van der Waals surface area contributed by atoms with Crippen LogP contribution in [0.25, 0.3) is 0 Å². The first-order chi connectivity index (χ1) is 14.7. The lowest BCUT2D eigenvalue weighted by Gasteiger charge is -2.17. The van der Waals surface area contributed by atoms with Gasteiger partial charge in [-0.1, -0.05) is 48.0 Å². The third-order valence-corrected chi connectivity index (χ3v) is 6.90. The maximum absolute atomic E-state index is 13.3. The summed E-state index contributed by atoms with van der Waals surface area (Å²) in [7, 11) is -4.17. The minimum Gasteiger partial charge on any atom is -0.294 e. The third-order valence-electron chi connectivity index (χ3n) is 4.85. The van der Waals surface area contributed by atoms with Gasteiger partial charge in [0.1, 0.15) is 5.25 Å². The van der Waals surface area contributed by atoms with Crippen LogP contribution in [0.5, 0.6) is 0 Å². The van der Waals surface area contributed by atoms with Gasteiger partial charge in [0.25, 0.3) is 5.69 Å². The molecule has 0 aliphatic carbocycles. The molecule has 0 fully saturated rings. The van der Waals surface area contributed by atoms with E-state index in [1.54, 1.807) is 37.3 Å². The zero-order valence-electron chi connectivity index (χ0n) is 16.6. The largest absolute Gasteiger partial charge is 0.294 e. The van der Waals surface area contributed by atoms with E-state index in [9.17, 15) is 28.1 Å². The Labute approximate surface area is 179 Å². The van der Waals surface area contributed by atoms with E-state index >= 15 is 0 Å². The van der Waals surface area contributed by atoms with Gasteiger partial charge in [-0.05, 0) is 31.2 Å². The van der Waals surface area contributed by atoms with Crippen molar-refractivity contribution in [3.05, 3.63) is 106 Å². The maximum atomic E-state index is 13.3. The molecule has 0 amide bonds. The molecule has 158 valence electrons. The van der Waals surface area contributed by atoms with Crippen molar-refractivity contribution in [2.75, 3.05) is 0 Å². The number of nitrogens with zero attached hydrogens (tertiary/aromatic N) is 1. The van der Waals surface area contributed by atoms with Crippen molar-refractivity contribution in [3.8, 4) is 0 Å². The van der Waals surface area contributed by atoms with E-state index in [1.807, 2.05) is 0 Å². The molecule has 31 heavy (non-hydrogen) atoms. The molecule has 0 radical (unpaired) electrons. The highest BCUT2D eigenvalue weighted by atomic mass is 32.2. The number of rotatable bonds is 8. The van der Waals surface area contributed by atoms with E-state index in [4.69, 9.17) is 0 Å². The van der Waals surface area contributed by atoms with Gasteiger partial charge in [-0.15, -0.1) is 0 Å². The summed E-state index contributed by atoms with van der Waals surface area (Å²) < 4.78 is 26.6. The fourth-order valence-electron chi connectivity index (χ4n) is 3.08. The highest BCUT2D eigenvalue weighted by Crippen LogP contribution is 2.24. The van der Waals surface area contributed by atoms with Crippen LogP contribution in [0.15, 0.2) is 83.8 Å². The predicted octanol–water partition coefficient (Wildman–Crippen LogP) is 4.20. The number of hydrogen-bond donors (Lipinski definition) is 0. The van der Waals surface area contributed by atoms with Crippen LogP contribution in [-0.4, -0.2) is 30.2 Å². The highest BCUT2D eigenvalue weighted by Gasteiger charge is 2.36. The standard InChI is InChI=1S/C23H19NO6S/c1-16-7-13-20(14-8-16)31(29,30)22(23(26)18-5-3-2-4-6-18)15-21(25)17-9-11-19(12-10-17)24(27)28/h2-14,22H,15H2,1H3/t22-/m1/s1. The van der Waals surface area contributed by atoms with Gasteiger partial charge in [-0.25, -0.2) is 8.42 Å². The van der Waals surface area contributed by atoms with Crippen LogP contribution in [0.3, 0.4) is 0 Å². The molecule has 0 aliphatic heterocycles. The van der Waals surface area contributed by atoms with Gasteiger partial charge in [-0.2, -0.15) is 0 Å². The molecule has 0 bridgehead atoms. The van der Waals surface area contributed by atoms with Crippen LogP contribution >= 0.6 is 0 Å². The van der Waals surface area contributed by atoms with Gasteiger partial charge in [-0.3, -0.25) is 19.7 Å². The summed E-state index contributed by atoms with van der Waals surface area (Å²) in [6.07, 6.45) is -0.582. The summed E-state index contributed by atoms with van der Waals surface area (Å²) in [4.78, 5) is 36.1. The van der Waals surface area contributed by atoms with Crippen LogP contribution in [0.4, 0.5) is 5.69 Å². The Kier molecular flexibility index (Phi) is 6.41. The zero-order chi connectivity index (χ0) is 22.6. The molecule has 0 aliphatic rings. The average Bonchev–Trinajstić information content (AvgIpc) is 2.77. The molecule has 3 aromatic rings. The van der Waals surface area contributed by atoms with Crippen molar-refractivity contribution in [1.29, 1.82) is 0 Å². The minimum absolute atomic E-state index is 0.0520. The number of ketones is 2. The Bertz CT molecular complexity index is 1220. The summed E-state index contributed by atoms with van der Waals surface area (Å²) in [6, 6.07) is 18.8. The van der Waals surface area contributed by atoms with Crippen LogP contribution in [0.2, 0.25) is 0 Å². The van der Waals surface area contributed by atoms with Crippen molar-refractivity contribution >= 4 is 27.1 Å². The number of nitro benzene ring substituents is 1. The Balaban J connectivity index is 1.99. The molecular weight excluding hydrogens is 418 g/mol. The number of benzene rings is 3. The molecule has 0 unspecified atom stereocenters. The monoisotopic (exact) mass is 437 g/mol. The lowest BCUT2D eigenvalue weighted by Crippen LogP contribution is -2.33. The number of Topliss-reactive ketones (excluding diaryl/α,β-unsaturated/α-hetero) is 2. The predicted molar refractivity (Wildman–Crippen MR) is 115 cm³/mol. The van der Waals surface area contributed by atoms with Gasteiger partial charge in [0.15, 0.2) is 21.4 Å². The molecule has 0 spiro atoms. The Morgan fingerprint density at radius 2 is 1.45 bits per heavy atom. The molecule has 0 N–H and O–H groups in total. The van der Waals surface area contributed by atoms with Crippen LogP contribution in [0, 0.1) is 17.0 Å². The fourth-order valence-corrected chi connectivity index (χ4v) is 4.71. The summed E-state index contributed by atoms with van der Waals surface area (Å²) in [6.45, 7) is 1.81. The molecule has 3 rings (SSSR count). The van der Waals surface area contributed by atoms with Crippen LogP contribution in [-0.2, 0) is 9.84 Å². The average molecular weight is 437 g/mol. The van der Waals surface area contributed by atoms with E-state index in [-0.39, 0.29) is 21.7 Å². The number of carbonyl (C=O) groups excluding carboxylic acids is 2. The number of nitro groups is 1. The first-order valence-corrected chi connectivity index (χ1v) is 10.9. The molecule has 0 saturated carbocycles. The van der Waals surface area contributed by atoms with Crippen molar-refractivity contribution in [1.82, 2.24) is 0 Å². The molecule has 8 heteroatoms. The lowest BCUT2D eigenvalue weighted by molar-refractivity contribution is -0.384. The van der Waals surface area contributed by atoms with Gasteiger partial charge < -0.3 is 0 Å². The van der Waals surface area contributed by atoms with Crippen LogP contribution in [0.1, 0.15) is 32.7 Å². The lowest BCUT2D eigenvalue weighted by atomic mass is 10.0. The van der Waals surface area contributed by atoms with Gasteiger partial charge in [0, 0.05) is 29.7 Å². The summed E-state index contributed by atoms with van der Waals surface area (Å²) in [5.41, 5.74) is 0.933. The number of carbonyl (C=O) groups is 2. The van der Waals surface area contributed by atoms with E-state index in [1.165, 1.54) is 36.4 Å².